The summed E-state index contributed by atoms with van der Waals surface area (Å²) in [5, 5.41) is 26.8. The molecular weight excluding hydrogens is 301 g/mol. The number of hydrogen-bond acceptors (Lipinski definition) is 3. The topological polar surface area (TPSA) is 69.2 Å². The van der Waals surface area contributed by atoms with E-state index in [0.29, 0.717) is 0 Å². The largest absolute Gasteiger partial charge is 0.855 e. The van der Waals surface area contributed by atoms with Crippen molar-refractivity contribution < 1.29 is 37.7 Å². The van der Waals surface area contributed by atoms with Crippen molar-refractivity contribution in [2.75, 3.05) is 19.8 Å². The zero-order chi connectivity index (χ0) is 8.12. The molecule has 0 aromatic heterocycles. The summed E-state index contributed by atoms with van der Waals surface area (Å²) < 4.78 is 0. The van der Waals surface area contributed by atoms with Crippen molar-refractivity contribution in [1.29, 1.82) is 0 Å². The molecule has 3 nitrogen and oxygen atoms in total. The van der Waals surface area contributed by atoms with Crippen LogP contribution in [-0.2, 0) is 22.4 Å². The average molecular weight is 316 g/mol. The molecule has 10 heavy (non-hydrogen) atoms. The standard InChI is InChI=1S/3C2H5O.Ta/c3*1-2-3;/h3*2H2,1H3;/q3*-1;. The molecule has 0 aromatic carbocycles. The van der Waals surface area contributed by atoms with E-state index in [0.717, 1.165) is 0 Å². The van der Waals surface area contributed by atoms with Crippen molar-refractivity contribution in [1.82, 2.24) is 0 Å². The van der Waals surface area contributed by atoms with E-state index in [9.17, 15) is 0 Å². The van der Waals surface area contributed by atoms with Gasteiger partial charge < -0.3 is 15.3 Å². The molecule has 0 aliphatic rings. The Bertz CT molecular complexity index is 17.7. The minimum atomic E-state index is 0. The number of hydrogen-bond donors (Lipinski definition) is 0. The van der Waals surface area contributed by atoms with Gasteiger partial charge in [-0.25, -0.2) is 0 Å². The Morgan fingerprint density at radius 3 is 0.700 bits per heavy atom. The zero-order valence-electron chi connectivity index (χ0n) is 6.79. The summed E-state index contributed by atoms with van der Waals surface area (Å²) >= 11 is 0. The molecule has 0 N–H and O–H groups in total. The maximum absolute atomic E-state index is 8.93. The first-order valence-electron chi connectivity index (χ1n) is 2.99. The molecule has 65 valence electrons. The van der Waals surface area contributed by atoms with E-state index >= 15 is 0 Å². The Morgan fingerprint density at radius 1 is 0.700 bits per heavy atom. The van der Waals surface area contributed by atoms with Gasteiger partial charge in [0, 0.05) is 22.4 Å². The first kappa shape index (κ1) is 22.4. The first-order chi connectivity index (χ1) is 4.24. The van der Waals surface area contributed by atoms with E-state index in [-0.39, 0.29) is 42.2 Å². The summed E-state index contributed by atoms with van der Waals surface area (Å²) in [5.74, 6) is 0. The molecule has 0 amide bonds. The Morgan fingerprint density at radius 2 is 0.700 bits per heavy atom. The summed E-state index contributed by atoms with van der Waals surface area (Å²) in [7, 11) is 0. The second-order valence-corrected chi connectivity index (χ2v) is 0.866. The molecule has 0 fully saturated rings. The minimum Gasteiger partial charge on any atom is -0.855 e. The maximum atomic E-state index is 8.93. The minimum absolute atomic E-state index is 0. The van der Waals surface area contributed by atoms with Crippen molar-refractivity contribution in [3.8, 4) is 0 Å². The van der Waals surface area contributed by atoms with Crippen LogP contribution < -0.4 is 15.3 Å². The van der Waals surface area contributed by atoms with E-state index < -0.39 is 0 Å². The molecular formula is C6H15O3Ta-3. The van der Waals surface area contributed by atoms with Crippen LogP contribution in [0.4, 0.5) is 0 Å². The molecule has 0 aliphatic carbocycles. The van der Waals surface area contributed by atoms with Crippen LogP contribution in [-0.4, -0.2) is 19.8 Å². The zero-order valence-corrected chi connectivity index (χ0v) is 10.0. The van der Waals surface area contributed by atoms with Gasteiger partial charge in [-0.05, 0) is 0 Å². The molecule has 0 saturated carbocycles. The third-order valence-electron chi connectivity index (χ3n) is 0. The molecule has 4 heteroatoms. The van der Waals surface area contributed by atoms with Gasteiger partial charge in [-0.3, -0.25) is 0 Å². The summed E-state index contributed by atoms with van der Waals surface area (Å²) in [6.45, 7) is 4.71. The second-order valence-electron chi connectivity index (χ2n) is 0.866. The monoisotopic (exact) mass is 316 g/mol. The van der Waals surface area contributed by atoms with Crippen molar-refractivity contribution in [3.63, 3.8) is 0 Å². The van der Waals surface area contributed by atoms with Crippen molar-refractivity contribution in [2.45, 2.75) is 20.8 Å². The van der Waals surface area contributed by atoms with E-state index in [1.807, 2.05) is 0 Å². The molecule has 0 unspecified atom stereocenters. The Labute approximate surface area is 78.6 Å². The fraction of sp³-hybridized carbons (Fsp3) is 1.00. The van der Waals surface area contributed by atoms with Gasteiger partial charge in [0.2, 0.25) is 0 Å². The van der Waals surface area contributed by atoms with Crippen LogP contribution in [0.25, 0.3) is 0 Å². The summed E-state index contributed by atoms with van der Waals surface area (Å²) in [6.07, 6.45) is 0. The molecule has 0 aliphatic heterocycles. The molecule has 0 heterocycles. The van der Waals surface area contributed by atoms with Gasteiger partial charge in [0.15, 0.2) is 0 Å². The van der Waals surface area contributed by atoms with Gasteiger partial charge >= 0.3 is 0 Å². The molecule has 0 rings (SSSR count). The van der Waals surface area contributed by atoms with Crippen molar-refractivity contribution in [2.24, 2.45) is 0 Å². The third-order valence-corrected chi connectivity index (χ3v) is 0. The number of rotatable bonds is 0. The predicted molar refractivity (Wildman–Crippen MR) is 31.6 cm³/mol. The van der Waals surface area contributed by atoms with Crippen LogP contribution in [0.2, 0.25) is 0 Å². The third kappa shape index (κ3) is 1300. The van der Waals surface area contributed by atoms with Crippen molar-refractivity contribution in [3.05, 3.63) is 0 Å². The molecule has 0 saturated heterocycles. The second kappa shape index (κ2) is 54.5. The molecule has 1 radical (unpaired) electrons. The van der Waals surface area contributed by atoms with Crippen LogP contribution in [0.3, 0.4) is 0 Å². The normalized spacial score (nSPS) is 5.40. The van der Waals surface area contributed by atoms with E-state index in [1.165, 1.54) is 0 Å². The van der Waals surface area contributed by atoms with Gasteiger partial charge in [-0.1, -0.05) is 20.8 Å². The SMILES string of the molecule is CC[O-].CC[O-].CC[O-].[Ta]. The van der Waals surface area contributed by atoms with Crippen LogP contribution in [0.5, 0.6) is 0 Å². The van der Waals surface area contributed by atoms with Gasteiger partial charge in [-0.2, -0.15) is 0 Å². The van der Waals surface area contributed by atoms with Crippen LogP contribution in [0.15, 0.2) is 0 Å². The summed E-state index contributed by atoms with van der Waals surface area (Å²) in [6, 6.07) is 0. The van der Waals surface area contributed by atoms with Gasteiger partial charge in [0.25, 0.3) is 0 Å². The summed E-state index contributed by atoms with van der Waals surface area (Å²) in [5.41, 5.74) is 0. The Balaban J connectivity index is -0.0000000257. The molecule has 0 atom stereocenters. The van der Waals surface area contributed by atoms with Crippen LogP contribution in [0, 0.1) is 0 Å². The van der Waals surface area contributed by atoms with E-state index in [2.05, 4.69) is 0 Å². The molecule has 0 aromatic rings. The fourth-order valence-corrected chi connectivity index (χ4v) is 0. The average Bonchev–Trinajstić information content (AvgIpc) is 1.70. The van der Waals surface area contributed by atoms with Crippen molar-refractivity contribution >= 4 is 0 Å². The Kier molecular flexibility index (Phi) is 122. The predicted octanol–water partition coefficient (Wildman–Crippen LogP) is -1.90. The van der Waals surface area contributed by atoms with Crippen LogP contribution in [0.1, 0.15) is 20.8 Å². The van der Waals surface area contributed by atoms with E-state index in [4.69, 9.17) is 15.3 Å². The fourth-order valence-electron chi connectivity index (χ4n) is 0. The van der Waals surface area contributed by atoms with Crippen LogP contribution >= 0.6 is 0 Å². The first-order valence-corrected chi connectivity index (χ1v) is 2.99. The van der Waals surface area contributed by atoms with Gasteiger partial charge in [0.1, 0.15) is 0 Å². The maximum Gasteiger partial charge on any atom is 0 e. The molecule has 0 spiro atoms. The van der Waals surface area contributed by atoms with E-state index in [1.54, 1.807) is 20.8 Å². The van der Waals surface area contributed by atoms with Gasteiger partial charge in [-0.15, -0.1) is 19.8 Å². The smallest absolute Gasteiger partial charge is 0 e. The quantitative estimate of drug-likeness (QED) is 0.524. The van der Waals surface area contributed by atoms with Gasteiger partial charge in [0.05, 0.1) is 0 Å². The summed E-state index contributed by atoms with van der Waals surface area (Å²) in [4.78, 5) is 0. The Hall–Kier alpha value is 0.620. The molecule has 0 bridgehead atoms.